The van der Waals surface area contributed by atoms with E-state index in [-0.39, 0.29) is 17.7 Å². The predicted molar refractivity (Wildman–Crippen MR) is 103 cm³/mol. The first-order chi connectivity index (χ1) is 13.1. The van der Waals surface area contributed by atoms with Gasteiger partial charge in [-0.25, -0.2) is 4.39 Å². The number of halogens is 1. The quantitative estimate of drug-likeness (QED) is 0.326. The van der Waals surface area contributed by atoms with Crippen molar-refractivity contribution in [3.8, 4) is 5.75 Å². The van der Waals surface area contributed by atoms with Crippen LogP contribution in [0.5, 0.6) is 5.75 Å². The van der Waals surface area contributed by atoms with Gasteiger partial charge in [-0.15, -0.1) is 0 Å². The Bertz CT molecular complexity index is 599. The van der Waals surface area contributed by atoms with E-state index < -0.39 is 0 Å². The Morgan fingerprint density at radius 1 is 1.26 bits per heavy atom. The summed E-state index contributed by atoms with van der Waals surface area (Å²) in [6.07, 6.45) is 2.35. The van der Waals surface area contributed by atoms with Crippen molar-refractivity contribution >= 4 is 11.9 Å². The molecule has 0 aromatic heterocycles. The summed E-state index contributed by atoms with van der Waals surface area (Å²) < 4.78 is 23.6. The molecule has 1 aromatic carbocycles. The van der Waals surface area contributed by atoms with Crippen molar-refractivity contribution in [3.05, 3.63) is 30.1 Å². The molecular formula is C20H30FN3O3. The maximum absolute atomic E-state index is 12.9. The van der Waals surface area contributed by atoms with Gasteiger partial charge in [0.2, 0.25) is 0 Å². The molecule has 0 spiro atoms. The van der Waals surface area contributed by atoms with Gasteiger partial charge in [-0.05, 0) is 51.0 Å². The molecule has 2 rings (SSSR count). The molecule has 1 aliphatic rings. The molecule has 1 aliphatic heterocycles. The summed E-state index contributed by atoms with van der Waals surface area (Å²) in [5.74, 6) is 1.18. The number of nitrogens with one attached hydrogen (secondary N) is 1. The van der Waals surface area contributed by atoms with E-state index in [4.69, 9.17) is 9.47 Å². The van der Waals surface area contributed by atoms with Gasteiger partial charge in [-0.1, -0.05) is 0 Å². The van der Waals surface area contributed by atoms with Crippen LogP contribution in [0.4, 0.5) is 4.39 Å². The SMILES string of the molecule is CCNC(=NCCCOc1ccc(F)cc1)N1CCC(C(=O)OCC)CC1. The van der Waals surface area contributed by atoms with Crippen molar-refractivity contribution in [2.24, 2.45) is 10.9 Å². The zero-order valence-corrected chi connectivity index (χ0v) is 16.2. The fraction of sp³-hybridized carbons (Fsp3) is 0.600. The number of nitrogens with zero attached hydrogens (tertiary/aromatic N) is 2. The molecule has 1 saturated heterocycles. The first kappa shape index (κ1) is 21.0. The van der Waals surface area contributed by atoms with E-state index in [1.807, 2.05) is 13.8 Å². The minimum atomic E-state index is -0.269. The molecule has 150 valence electrons. The summed E-state index contributed by atoms with van der Waals surface area (Å²) in [5, 5.41) is 3.31. The Hall–Kier alpha value is -2.31. The molecule has 0 aliphatic carbocycles. The number of guanidine groups is 1. The van der Waals surface area contributed by atoms with Gasteiger partial charge in [0.05, 0.1) is 19.1 Å². The van der Waals surface area contributed by atoms with Crippen molar-refractivity contribution in [2.75, 3.05) is 39.4 Å². The number of carbonyl (C=O) groups excluding carboxylic acids is 1. The lowest BCUT2D eigenvalue weighted by molar-refractivity contribution is -0.149. The molecule has 27 heavy (non-hydrogen) atoms. The second-order valence-electron chi connectivity index (χ2n) is 6.40. The molecule has 1 heterocycles. The van der Waals surface area contributed by atoms with Crippen molar-refractivity contribution < 1.29 is 18.7 Å². The Kier molecular flexibility index (Phi) is 8.87. The van der Waals surface area contributed by atoms with Gasteiger partial charge in [0.1, 0.15) is 11.6 Å². The number of rotatable bonds is 8. The molecule has 1 N–H and O–H groups in total. The number of benzene rings is 1. The van der Waals surface area contributed by atoms with Gasteiger partial charge in [-0.3, -0.25) is 9.79 Å². The van der Waals surface area contributed by atoms with Crippen LogP contribution in [-0.4, -0.2) is 56.2 Å². The third-order valence-corrected chi connectivity index (χ3v) is 4.40. The molecule has 0 amide bonds. The van der Waals surface area contributed by atoms with Gasteiger partial charge < -0.3 is 19.7 Å². The minimum Gasteiger partial charge on any atom is -0.494 e. The molecule has 1 aromatic rings. The summed E-state index contributed by atoms with van der Waals surface area (Å²) in [6.45, 7) is 7.86. The molecule has 0 atom stereocenters. The lowest BCUT2D eigenvalue weighted by Gasteiger charge is -2.33. The largest absolute Gasteiger partial charge is 0.494 e. The summed E-state index contributed by atoms with van der Waals surface area (Å²) in [7, 11) is 0. The molecule has 0 saturated carbocycles. The van der Waals surface area contributed by atoms with E-state index in [0.29, 0.717) is 25.5 Å². The Morgan fingerprint density at radius 2 is 1.96 bits per heavy atom. The van der Waals surface area contributed by atoms with Gasteiger partial charge in [0.15, 0.2) is 5.96 Å². The third-order valence-electron chi connectivity index (χ3n) is 4.40. The second-order valence-corrected chi connectivity index (χ2v) is 6.40. The van der Waals surface area contributed by atoms with Crippen LogP contribution >= 0.6 is 0 Å². The number of esters is 1. The Morgan fingerprint density at radius 3 is 2.59 bits per heavy atom. The number of piperidine rings is 1. The first-order valence-corrected chi connectivity index (χ1v) is 9.72. The monoisotopic (exact) mass is 379 g/mol. The second kappa shape index (κ2) is 11.4. The van der Waals surface area contributed by atoms with E-state index in [1.165, 1.54) is 12.1 Å². The summed E-state index contributed by atoms with van der Waals surface area (Å²) >= 11 is 0. The zero-order valence-electron chi connectivity index (χ0n) is 16.2. The van der Waals surface area contributed by atoms with Crippen molar-refractivity contribution in [1.29, 1.82) is 0 Å². The van der Waals surface area contributed by atoms with E-state index in [2.05, 4.69) is 15.2 Å². The number of hydrogen-bond acceptors (Lipinski definition) is 4. The third kappa shape index (κ3) is 7.07. The Labute approximate surface area is 160 Å². The van der Waals surface area contributed by atoms with Crippen LogP contribution in [0.25, 0.3) is 0 Å². The molecule has 0 radical (unpaired) electrons. The Balaban J connectivity index is 1.75. The predicted octanol–water partition coefficient (Wildman–Crippen LogP) is 2.84. The number of ether oxygens (including phenoxy) is 2. The highest BCUT2D eigenvalue weighted by molar-refractivity contribution is 5.80. The maximum atomic E-state index is 12.9. The van der Waals surface area contributed by atoms with Crippen LogP contribution in [0, 0.1) is 11.7 Å². The van der Waals surface area contributed by atoms with Crippen molar-refractivity contribution in [1.82, 2.24) is 10.2 Å². The van der Waals surface area contributed by atoms with E-state index in [9.17, 15) is 9.18 Å². The molecule has 1 fully saturated rings. The van der Waals surface area contributed by atoms with Gasteiger partial charge in [0.25, 0.3) is 0 Å². The fourth-order valence-corrected chi connectivity index (χ4v) is 2.98. The molecule has 0 unspecified atom stereocenters. The normalized spacial score (nSPS) is 15.5. The van der Waals surface area contributed by atoms with Crippen LogP contribution in [0.2, 0.25) is 0 Å². The number of hydrogen-bond donors (Lipinski definition) is 1. The highest BCUT2D eigenvalue weighted by Gasteiger charge is 2.27. The summed E-state index contributed by atoms with van der Waals surface area (Å²) in [6, 6.07) is 6.01. The van der Waals surface area contributed by atoms with Gasteiger partial charge in [0, 0.05) is 32.6 Å². The van der Waals surface area contributed by atoms with Crippen molar-refractivity contribution in [2.45, 2.75) is 33.1 Å². The fourth-order valence-electron chi connectivity index (χ4n) is 2.98. The maximum Gasteiger partial charge on any atom is 0.309 e. The van der Waals surface area contributed by atoms with Crippen LogP contribution in [0.3, 0.4) is 0 Å². The first-order valence-electron chi connectivity index (χ1n) is 9.72. The molecule has 7 heteroatoms. The van der Waals surface area contributed by atoms with Gasteiger partial charge in [-0.2, -0.15) is 0 Å². The molecular weight excluding hydrogens is 349 g/mol. The lowest BCUT2D eigenvalue weighted by atomic mass is 9.97. The van der Waals surface area contributed by atoms with Gasteiger partial charge >= 0.3 is 5.97 Å². The van der Waals surface area contributed by atoms with E-state index >= 15 is 0 Å². The minimum absolute atomic E-state index is 0.00631. The highest BCUT2D eigenvalue weighted by atomic mass is 19.1. The van der Waals surface area contributed by atoms with Crippen molar-refractivity contribution in [3.63, 3.8) is 0 Å². The topological polar surface area (TPSA) is 63.2 Å². The molecule has 0 bridgehead atoms. The summed E-state index contributed by atoms with van der Waals surface area (Å²) in [4.78, 5) is 18.7. The van der Waals surface area contributed by atoms with Crippen LogP contribution in [-0.2, 0) is 9.53 Å². The average Bonchev–Trinajstić information content (AvgIpc) is 2.68. The standard InChI is InChI=1S/C20H30FN3O3/c1-3-22-20(24-13-10-16(11-14-24)19(25)26-4-2)23-12-5-15-27-18-8-6-17(21)7-9-18/h6-9,16H,3-5,10-15H2,1-2H3,(H,22,23). The number of likely N-dealkylation sites (tertiary alicyclic amines) is 1. The average molecular weight is 379 g/mol. The number of carbonyl (C=O) groups is 1. The van der Waals surface area contributed by atoms with Crippen LogP contribution < -0.4 is 10.1 Å². The van der Waals surface area contributed by atoms with Crippen LogP contribution in [0.1, 0.15) is 33.1 Å². The summed E-state index contributed by atoms with van der Waals surface area (Å²) in [5.41, 5.74) is 0. The lowest BCUT2D eigenvalue weighted by Crippen LogP contribution is -2.46. The highest BCUT2D eigenvalue weighted by Crippen LogP contribution is 2.19. The van der Waals surface area contributed by atoms with Crippen LogP contribution in [0.15, 0.2) is 29.3 Å². The van der Waals surface area contributed by atoms with E-state index in [0.717, 1.165) is 44.9 Å². The van der Waals surface area contributed by atoms with E-state index in [1.54, 1.807) is 12.1 Å². The number of aliphatic imine (C=N–C) groups is 1. The molecule has 6 nitrogen and oxygen atoms in total. The zero-order chi connectivity index (χ0) is 19.5. The smallest absolute Gasteiger partial charge is 0.309 e.